The molecule has 0 fully saturated rings. The number of halogens is 2. The highest BCUT2D eigenvalue weighted by Gasteiger charge is 2.20. The fourth-order valence-electron chi connectivity index (χ4n) is 2.07. The number of ether oxygens (including phenoxy) is 1. The Morgan fingerprint density at radius 3 is 2.74 bits per heavy atom. The van der Waals surface area contributed by atoms with Gasteiger partial charge in [-0.25, -0.2) is 13.6 Å². The van der Waals surface area contributed by atoms with Gasteiger partial charge in [-0.05, 0) is 31.4 Å². The molecule has 102 valence electrons. The highest BCUT2D eigenvalue weighted by molar-refractivity contribution is 5.90. The smallest absolute Gasteiger partial charge is 0.340 e. The lowest BCUT2D eigenvalue weighted by atomic mass is 10.0. The maximum Gasteiger partial charge on any atom is 0.340 e. The molecule has 1 aromatic rings. The number of hydrogen-bond donors (Lipinski definition) is 1. The molecule has 1 aliphatic carbocycles. The van der Waals surface area contributed by atoms with Crippen molar-refractivity contribution < 1.29 is 18.3 Å². The lowest BCUT2D eigenvalue weighted by molar-refractivity contribution is 0.0594. The highest BCUT2D eigenvalue weighted by atomic mass is 19.2. The second-order valence-corrected chi connectivity index (χ2v) is 4.41. The van der Waals surface area contributed by atoms with Gasteiger partial charge in [0.1, 0.15) is 0 Å². The first-order valence-electron chi connectivity index (χ1n) is 6.11. The Balaban J connectivity index is 2.20. The average molecular weight is 267 g/mol. The minimum absolute atomic E-state index is 0.0745. The summed E-state index contributed by atoms with van der Waals surface area (Å²) in [4.78, 5) is 11.2. The van der Waals surface area contributed by atoms with Gasteiger partial charge in [-0.3, -0.25) is 0 Å². The van der Waals surface area contributed by atoms with Crippen molar-refractivity contribution in [3.63, 3.8) is 0 Å². The summed E-state index contributed by atoms with van der Waals surface area (Å²) >= 11 is 0. The molecule has 0 heterocycles. The van der Waals surface area contributed by atoms with E-state index >= 15 is 0 Å². The molecule has 0 radical (unpaired) electrons. The third-order valence-corrected chi connectivity index (χ3v) is 3.12. The predicted molar refractivity (Wildman–Crippen MR) is 68.1 cm³/mol. The van der Waals surface area contributed by atoms with Crippen LogP contribution in [0.2, 0.25) is 0 Å². The Morgan fingerprint density at radius 1 is 1.32 bits per heavy atom. The van der Waals surface area contributed by atoms with Gasteiger partial charge in [0.15, 0.2) is 11.6 Å². The van der Waals surface area contributed by atoms with E-state index in [4.69, 9.17) is 0 Å². The van der Waals surface area contributed by atoms with E-state index < -0.39 is 23.2 Å². The van der Waals surface area contributed by atoms with Gasteiger partial charge in [0.05, 0.1) is 18.4 Å². The number of carbonyl (C=O) groups excluding carboxylic acids is 1. The van der Waals surface area contributed by atoms with Crippen molar-refractivity contribution in [2.75, 3.05) is 12.4 Å². The highest BCUT2D eigenvalue weighted by Crippen LogP contribution is 2.24. The Bertz CT molecular complexity index is 514. The zero-order chi connectivity index (χ0) is 13.8. The second kappa shape index (κ2) is 5.82. The van der Waals surface area contributed by atoms with Gasteiger partial charge in [-0.2, -0.15) is 0 Å². The largest absolute Gasteiger partial charge is 0.465 e. The number of anilines is 1. The van der Waals surface area contributed by atoms with Gasteiger partial charge in [0.25, 0.3) is 0 Å². The molecule has 0 amide bonds. The summed E-state index contributed by atoms with van der Waals surface area (Å²) in [5.41, 5.74) is -0.320. The number of esters is 1. The van der Waals surface area contributed by atoms with E-state index in [-0.39, 0.29) is 11.7 Å². The van der Waals surface area contributed by atoms with Crippen LogP contribution >= 0.6 is 0 Å². The molecule has 0 bridgehead atoms. The molecular weight excluding hydrogens is 252 g/mol. The first-order chi connectivity index (χ1) is 9.13. The lowest BCUT2D eigenvalue weighted by Crippen LogP contribution is -2.21. The number of nitrogens with one attached hydrogen (secondary N) is 1. The van der Waals surface area contributed by atoms with E-state index in [1.807, 2.05) is 6.08 Å². The molecule has 0 aliphatic heterocycles. The van der Waals surface area contributed by atoms with E-state index in [0.717, 1.165) is 26.4 Å². The molecule has 1 atom stereocenters. The Hall–Kier alpha value is -1.91. The maximum absolute atomic E-state index is 13.9. The standard InChI is InChI=1S/C14H15F2NO2/c1-19-14(18)10-7-8-11(13(16)12(10)15)17-9-5-3-2-4-6-9/h2-3,7-9,17H,4-6H2,1H3. The van der Waals surface area contributed by atoms with Crippen molar-refractivity contribution in [1.82, 2.24) is 0 Å². The fraction of sp³-hybridized carbons (Fsp3) is 0.357. The van der Waals surface area contributed by atoms with E-state index in [9.17, 15) is 13.6 Å². The SMILES string of the molecule is COC(=O)c1ccc(NC2CC=CCC2)c(F)c1F. The summed E-state index contributed by atoms with van der Waals surface area (Å²) in [6, 6.07) is 2.68. The third kappa shape index (κ3) is 2.92. The Labute approximate surface area is 110 Å². The molecule has 2 rings (SSSR count). The predicted octanol–water partition coefficient (Wildman–Crippen LogP) is 3.27. The summed E-state index contributed by atoms with van der Waals surface area (Å²) in [7, 11) is 1.13. The van der Waals surface area contributed by atoms with Crippen molar-refractivity contribution in [1.29, 1.82) is 0 Å². The summed E-state index contributed by atoms with van der Waals surface area (Å²) in [5, 5.41) is 2.96. The van der Waals surface area contributed by atoms with Crippen LogP contribution in [0.1, 0.15) is 29.6 Å². The van der Waals surface area contributed by atoms with Crippen molar-refractivity contribution >= 4 is 11.7 Å². The summed E-state index contributed by atoms with van der Waals surface area (Å²) in [6.45, 7) is 0. The van der Waals surface area contributed by atoms with Crippen LogP contribution in [0.4, 0.5) is 14.5 Å². The minimum atomic E-state index is -1.18. The number of methoxy groups -OCH3 is 1. The van der Waals surface area contributed by atoms with E-state index in [1.54, 1.807) is 0 Å². The lowest BCUT2D eigenvalue weighted by Gasteiger charge is -2.21. The normalized spacial score (nSPS) is 18.2. The summed E-state index contributed by atoms with van der Waals surface area (Å²) < 4.78 is 32.0. The first kappa shape index (κ1) is 13.5. The third-order valence-electron chi connectivity index (χ3n) is 3.12. The summed E-state index contributed by atoms with van der Waals surface area (Å²) in [6.07, 6.45) is 6.64. The molecule has 0 saturated heterocycles. The van der Waals surface area contributed by atoms with Gasteiger partial charge in [0.2, 0.25) is 0 Å². The molecule has 1 aliphatic rings. The first-order valence-corrected chi connectivity index (χ1v) is 6.11. The zero-order valence-electron chi connectivity index (χ0n) is 10.6. The van der Waals surface area contributed by atoms with Gasteiger partial charge in [0, 0.05) is 6.04 Å². The minimum Gasteiger partial charge on any atom is -0.465 e. The van der Waals surface area contributed by atoms with Gasteiger partial charge >= 0.3 is 5.97 Å². The van der Waals surface area contributed by atoms with Crippen LogP contribution < -0.4 is 5.32 Å². The van der Waals surface area contributed by atoms with Crippen LogP contribution in [-0.2, 0) is 4.74 Å². The summed E-state index contributed by atoms with van der Waals surface area (Å²) in [5.74, 6) is -3.11. The Morgan fingerprint density at radius 2 is 2.11 bits per heavy atom. The quantitative estimate of drug-likeness (QED) is 0.674. The van der Waals surface area contributed by atoms with Crippen LogP contribution in [-0.4, -0.2) is 19.1 Å². The van der Waals surface area contributed by atoms with Crippen LogP contribution in [0, 0.1) is 11.6 Å². The zero-order valence-corrected chi connectivity index (χ0v) is 10.6. The van der Waals surface area contributed by atoms with Gasteiger partial charge in [-0.1, -0.05) is 12.2 Å². The molecule has 1 unspecified atom stereocenters. The number of hydrogen-bond acceptors (Lipinski definition) is 3. The van der Waals surface area contributed by atoms with Crippen molar-refractivity contribution in [3.8, 4) is 0 Å². The molecule has 3 nitrogen and oxygen atoms in total. The van der Waals surface area contributed by atoms with Gasteiger partial charge in [-0.15, -0.1) is 0 Å². The van der Waals surface area contributed by atoms with E-state index in [1.165, 1.54) is 12.1 Å². The molecule has 5 heteroatoms. The molecule has 19 heavy (non-hydrogen) atoms. The number of rotatable bonds is 3. The topological polar surface area (TPSA) is 38.3 Å². The number of benzene rings is 1. The molecule has 1 N–H and O–H groups in total. The molecular formula is C14H15F2NO2. The van der Waals surface area contributed by atoms with Crippen LogP contribution in [0.25, 0.3) is 0 Å². The van der Waals surface area contributed by atoms with Crippen molar-refractivity contribution in [2.45, 2.75) is 25.3 Å². The fourth-order valence-corrected chi connectivity index (χ4v) is 2.07. The molecule has 0 saturated carbocycles. The average Bonchev–Trinajstić information content (AvgIpc) is 2.44. The van der Waals surface area contributed by atoms with E-state index in [2.05, 4.69) is 16.1 Å². The Kier molecular flexibility index (Phi) is 4.14. The van der Waals surface area contributed by atoms with E-state index in [0.29, 0.717) is 0 Å². The van der Waals surface area contributed by atoms with Gasteiger partial charge < -0.3 is 10.1 Å². The molecule has 1 aromatic carbocycles. The molecule has 0 spiro atoms. The number of carbonyl (C=O) groups is 1. The maximum atomic E-state index is 13.9. The van der Waals surface area contributed by atoms with Crippen molar-refractivity contribution in [3.05, 3.63) is 41.5 Å². The molecule has 0 aromatic heterocycles. The second-order valence-electron chi connectivity index (χ2n) is 4.41. The number of allylic oxidation sites excluding steroid dienone is 1. The van der Waals surface area contributed by atoms with Crippen LogP contribution in [0.5, 0.6) is 0 Å². The van der Waals surface area contributed by atoms with Crippen molar-refractivity contribution in [2.24, 2.45) is 0 Å². The van der Waals surface area contributed by atoms with Crippen LogP contribution in [0.3, 0.4) is 0 Å². The monoisotopic (exact) mass is 267 g/mol. The van der Waals surface area contributed by atoms with Crippen LogP contribution in [0.15, 0.2) is 24.3 Å².